The summed E-state index contributed by atoms with van der Waals surface area (Å²) < 4.78 is 14.0. The summed E-state index contributed by atoms with van der Waals surface area (Å²) in [7, 11) is 6.18. The SMILES string of the molecule is COc1cc(N(C)CCN(C)C)c([N+](=O)[O-])cc1NC1N=C(N)c2ccn(COCC[Si](C)(C)C)c2N1C12CC(C1)C2. The van der Waals surface area contributed by atoms with E-state index in [2.05, 4.69) is 34.4 Å². The Morgan fingerprint density at radius 1 is 1.21 bits per heavy atom. The van der Waals surface area contributed by atoms with Crippen LogP contribution in [0.1, 0.15) is 24.8 Å². The summed E-state index contributed by atoms with van der Waals surface area (Å²) in [6.07, 6.45) is 4.74. The van der Waals surface area contributed by atoms with Gasteiger partial charge in [-0.2, -0.15) is 0 Å². The van der Waals surface area contributed by atoms with Crippen LogP contribution in [0.3, 0.4) is 0 Å². The lowest BCUT2D eigenvalue weighted by molar-refractivity contribution is -0.384. The van der Waals surface area contributed by atoms with Crippen LogP contribution in [0.2, 0.25) is 25.7 Å². The third-order valence-corrected chi connectivity index (χ3v) is 10.5. The van der Waals surface area contributed by atoms with Crippen LogP contribution in [0.15, 0.2) is 29.4 Å². The van der Waals surface area contributed by atoms with Crippen LogP contribution in [0.4, 0.5) is 22.9 Å². The predicted molar refractivity (Wildman–Crippen MR) is 171 cm³/mol. The van der Waals surface area contributed by atoms with Crippen molar-refractivity contribution in [2.75, 3.05) is 63.1 Å². The van der Waals surface area contributed by atoms with E-state index in [1.807, 2.05) is 43.2 Å². The maximum Gasteiger partial charge on any atom is 0.294 e. The molecule has 6 rings (SSSR count). The molecular formula is C29H46N8O4Si. The molecule has 42 heavy (non-hydrogen) atoms. The maximum absolute atomic E-state index is 12.2. The van der Waals surface area contributed by atoms with E-state index in [0.29, 0.717) is 36.2 Å². The Balaban J connectivity index is 1.47. The molecule has 2 bridgehead atoms. The number of nitrogens with two attached hydrogens (primary N) is 1. The number of fused-ring (bicyclic) bond motifs is 1. The number of likely N-dealkylation sites (N-methyl/N-ethyl adjacent to an activating group) is 2. The Morgan fingerprint density at radius 2 is 1.93 bits per heavy atom. The average Bonchev–Trinajstić information content (AvgIpc) is 3.28. The van der Waals surface area contributed by atoms with Crippen molar-refractivity contribution in [2.45, 2.75) is 63.5 Å². The van der Waals surface area contributed by atoms with Gasteiger partial charge in [-0.1, -0.05) is 19.6 Å². The van der Waals surface area contributed by atoms with Crippen LogP contribution in [-0.4, -0.2) is 88.1 Å². The van der Waals surface area contributed by atoms with Crippen molar-refractivity contribution in [3.8, 4) is 5.75 Å². The van der Waals surface area contributed by atoms with Crippen molar-refractivity contribution < 1.29 is 14.4 Å². The third-order valence-electron chi connectivity index (χ3n) is 8.76. The summed E-state index contributed by atoms with van der Waals surface area (Å²) in [5.74, 6) is 2.66. The van der Waals surface area contributed by atoms with Crippen molar-refractivity contribution in [2.24, 2.45) is 16.6 Å². The first kappa shape index (κ1) is 30.2. The van der Waals surface area contributed by atoms with Crippen LogP contribution in [-0.2, 0) is 11.5 Å². The van der Waals surface area contributed by atoms with Crippen LogP contribution in [0.25, 0.3) is 0 Å². The Morgan fingerprint density at radius 3 is 2.50 bits per heavy atom. The number of ether oxygens (including phenoxy) is 2. The zero-order valence-electron chi connectivity index (χ0n) is 26.0. The number of methoxy groups -OCH3 is 1. The van der Waals surface area contributed by atoms with Crippen molar-refractivity contribution in [1.82, 2.24) is 9.47 Å². The molecule has 1 unspecified atom stereocenters. The van der Waals surface area contributed by atoms with Gasteiger partial charge >= 0.3 is 0 Å². The summed E-state index contributed by atoms with van der Waals surface area (Å²) in [5, 5.41) is 15.7. The van der Waals surface area contributed by atoms with Gasteiger partial charge in [0, 0.05) is 58.7 Å². The highest BCUT2D eigenvalue weighted by molar-refractivity contribution is 6.76. The van der Waals surface area contributed by atoms with E-state index < -0.39 is 14.4 Å². The fourth-order valence-corrected chi connectivity index (χ4v) is 6.92. The molecular weight excluding hydrogens is 552 g/mol. The highest BCUT2D eigenvalue weighted by Crippen LogP contribution is 2.62. The van der Waals surface area contributed by atoms with Crippen LogP contribution in [0, 0.1) is 16.0 Å². The molecule has 0 spiro atoms. The van der Waals surface area contributed by atoms with Crippen molar-refractivity contribution in [3.63, 3.8) is 0 Å². The molecule has 3 N–H and O–H groups in total. The second-order valence-electron chi connectivity index (χ2n) is 13.5. The number of nitro groups is 1. The number of aliphatic imine (C=N–C) groups is 1. The number of nitro benzene ring substituents is 1. The molecule has 4 aliphatic rings. The molecule has 13 heteroatoms. The predicted octanol–water partition coefficient (Wildman–Crippen LogP) is 4.19. The number of hydrogen-bond acceptors (Lipinski definition) is 10. The summed E-state index contributed by atoms with van der Waals surface area (Å²) in [6.45, 7) is 9.57. The van der Waals surface area contributed by atoms with Crippen LogP contribution >= 0.6 is 0 Å². The van der Waals surface area contributed by atoms with Crippen molar-refractivity contribution in [3.05, 3.63) is 40.1 Å². The molecule has 2 heterocycles. The van der Waals surface area contributed by atoms with Crippen molar-refractivity contribution >= 4 is 36.8 Å². The van der Waals surface area contributed by atoms with E-state index >= 15 is 0 Å². The number of amidine groups is 1. The molecule has 3 saturated carbocycles. The fraction of sp³-hybridized carbons (Fsp3) is 0.621. The second kappa shape index (κ2) is 11.4. The second-order valence-corrected chi connectivity index (χ2v) is 19.1. The van der Waals surface area contributed by atoms with E-state index in [9.17, 15) is 10.1 Å². The zero-order chi connectivity index (χ0) is 30.4. The van der Waals surface area contributed by atoms with Crippen LogP contribution < -0.4 is 25.6 Å². The number of anilines is 3. The molecule has 12 nitrogen and oxygen atoms in total. The minimum atomic E-state index is -1.21. The number of nitrogens with one attached hydrogen (secondary N) is 1. The van der Waals surface area contributed by atoms with E-state index in [-0.39, 0.29) is 16.1 Å². The van der Waals surface area contributed by atoms with Gasteiger partial charge in [-0.3, -0.25) is 10.1 Å². The highest BCUT2D eigenvalue weighted by atomic mass is 28.3. The average molecular weight is 599 g/mol. The van der Waals surface area contributed by atoms with Crippen molar-refractivity contribution in [1.29, 1.82) is 0 Å². The molecule has 1 aliphatic heterocycles. The van der Waals surface area contributed by atoms with E-state index in [1.165, 1.54) is 0 Å². The minimum Gasteiger partial charge on any atom is -0.495 e. The number of benzene rings is 1. The third kappa shape index (κ3) is 5.82. The highest BCUT2D eigenvalue weighted by Gasteiger charge is 2.63. The molecule has 2 aromatic rings. The first-order chi connectivity index (χ1) is 19.8. The molecule has 0 amide bonds. The first-order valence-electron chi connectivity index (χ1n) is 14.7. The first-order valence-corrected chi connectivity index (χ1v) is 18.4. The summed E-state index contributed by atoms with van der Waals surface area (Å²) in [4.78, 5) is 23.0. The Hall–Kier alpha value is -3.29. The quantitative estimate of drug-likeness (QED) is 0.142. The Bertz CT molecular complexity index is 1340. The summed E-state index contributed by atoms with van der Waals surface area (Å²) in [5.41, 5.74) is 8.42. The number of aromatic nitrogens is 1. The molecule has 230 valence electrons. The van der Waals surface area contributed by atoms with E-state index in [0.717, 1.165) is 55.8 Å². The van der Waals surface area contributed by atoms with Gasteiger partial charge in [0.15, 0.2) is 0 Å². The monoisotopic (exact) mass is 598 g/mol. The molecule has 1 aromatic carbocycles. The lowest BCUT2D eigenvalue weighted by Gasteiger charge is -2.68. The standard InChI is InChI=1S/C29H46N8O4Si/c1-33(2)10-11-34(3)23-15-25(40-4)22(14-24(23)37(38)39)31-28-32-26(30)21-8-9-35(19-41-12-13-42(5,6)7)27(21)36(28)29-16-20(17-29)18-29/h8-9,14-15,20,28,31H,10-13,16-19H2,1-7H3,(H2,30,32). The minimum absolute atomic E-state index is 0.00393. The van der Waals surface area contributed by atoms with Gasteiger partial charge in [0.1, 0.15) is 29.8 Å². The zero-order valence-corrected chi connectivity index (χ0v) is 27.0. The lowest BCUT2D eigenvalue weighted by atomic mass is 9.49. The number of hydrogen-bond donors (Lipinski definition) is 2. The van der Waals surface area contributed by atoms with E-state index in [1.54, 1.807) is 19.2 Å². The van der Waals surface area contributed by atoms with Gasteiger partial charge in [-0.15, -0.1) is 0 Å². The molecule has 3 aliphatic carbocycles. The largest absolute Gasteiger partial charge is 0.495 e. The number of rotatable bonds is 14. The summed E-state index contributed by atoms with van der Waals surface area (Å²) >= 11 is 0. The molecule has 0 radical (unpaired) electrons. The molecule has 3 fully saturated rings. The van der Waals surface area contributed by atoms with Gasteiger partial charge in [0.2, 0.25) is 6.29 Å². The molecule has 1 atom stereocenters. The van der Waals surface area contributed by atoms with Gasteiger partial charge in [-0.05, 0) is 51.4 Å². The van der Waals surface area contributed by atoms with Gasteiger partial charge in [0.05, 0.1) is 23.3 Å². The van der Waals surface area contributed by atoms with Gasteiger partial charge < -0.3 is 39.8 Å². The van der Waals surface area contributed by atoms with Gasteiger partial charge in [-0.25, -0.2) is 4.99 Å². The lowest BCUT2D eigenvalue weighted by Crippen LogP contribution is -2.72. The smallest absolute Gasteiger partial charge is 0.294 e. The maximum atomic E-state index is 12.2. The normalized spacial score (nSPS) is 22.7. The molecule has 1 aromatic heterocycles. The van der Waals surface area contributed by atoms with Crippen LogP contribution in [0.5, 0.6) is 5.75 Å². The number of nitrogens with zero attached hydrogens (tertiary/aromatic N) is 6. The Kier molecular flexibility index (Phi) is 8.20. The Labute approximate surface area is 249 Å². The van der Waals surface area contributed by atoms with E-state index in [4.69, 9.17) is 20.2 Å². The van der Waals surface area contributed by atoms with Gasteiger partial charge in [0.25, 0.3) is 5.69 Å². The topological polar surface area (TPSA) is 127 Å². The fourth-order valence-electron chi connectivity index (χ4n) is 6.16. The molecule has 0 saturated heterocycles. The summed E-state index contributed by atoms with van der Waals surface area (Å²) in [6, 6.07) is 6.39.